The van der Waals surface area contributed by atoms with Crippen molar-refractivity contribution in [2.45, 2.75) is 39.2 Å². The summed E-state index contributed by atoms with van der Waals surface area (Å²) in [5.74, 6) is 1.09. The third kappa shape index (κ3) is 2.68. The number of methoxy groups -OCH3 is 1. The highest BCUT2D eigenvalue weighted by atomic mass is 16.6. The van der Waals surface area contributed by atoms with Crippen molar-refractivity contribution in [3.05, 3.63) is 52.8 Å². The van der Waals surface area contributed by atoms with Gasteiger partial charge < -0.3 is 14.2 Å². The normalized spacial score (nSPS) is 21.3. The van der Waals surface area contributed by atoms with E-state index in [0.717, 1.165) is 17.2 Å². The van der Waals surface area contributed by atoms with Gasteiger partial charge in [0.2, 0.25) is 0 Å². The first-order valence-corrected chi connectivity index (χ1v) is 9.59. The van der Waals surface area contributed by atoms with Gasteiger partial charge in [0.25, 0.3) is 0 Å². The minimum atomic E-state index is -1.07. The Balaban J connectivity index is 2.02. The van der Waals surface area contributed by atoms with Gasteiger partial charge in [0.1, 0.15) is 5.75 Å². The number of allylic oxidation sites excluding steroid dienone is 1. The number of hydrogen-bond donors (Lipinski definition) is 0. The standard InChI is InChI=1S/C23H24O5/c1-13(2)8-9-23-18-11-16-15(6-5-7-19(16)26-4)10-17(18)21(25)14(3)22(23)27-12-20(24)28-23/h5-7,10-11,13H,8-9,12H2,1-4H3/t23-/m1/s1. The van der Waals surface area contributed by atoms with Crippen LogP contribution in [0.15, 0.2) is 41.7 Å². The van der Waals surface area contributed by atoms with Crippen molar-refractivity contribution in [1.82, 2.24) is 0 Å². The van der Waals surface area contributed by atoms with Gasteiger partial charge in [0.05, 0.1) is 7.11 Å². The average Bonchev–Trinajstić information content (AvgIpc) is 2.69. The van der Waals surface area contributed by atoms with Crippen LogP contribution in [-0.4, -0.2) is 25.5 Å². The Kier molecular flexibility index (Phi) is 4.41. The zero-order chi connectivity index (χ0) is 20.1. The van der Waals surface area contributed by atoms with E-state index in [9.17, 15) is 9.59 Å². The van der Waals surface area contributed by atoms with E-state index in [1.165, 1.54) is 0 Å². The topological polar surface area (TPSA) is 61.8 Å². The van der Waals surface area contributed by atoms with Crippen LogP contribution in [0.3, 0.4) is 0 Å². The van der Waals surface area contributed by atoms with Crippen molar-refractivity contribution in [3.8, 4) is 5.75 Å². The molecular weight excluding hydrogens is 356 g/mol. The van der Waals surface area contributed by atoms with Gasteiger partial charge in [-0.05, 0) is 49.3 Å². The molecule has 0 saturated carbocycles. The van der Waals surface area contributed by atoms with Crippen LogP contribution in [0.2, 0.25) is 0 Å². The second-order valence-electron chi connectivity index (χ2n) is 7.88. The van der Waals surface area contributed by atoms with Gasteiger partial charge in [-0.15, -0.1) is 0 Å². The van der Waals surface area contributed by atoms with Gasteiger partial charge in [0, 0.05) is 22.1 Å². The van der Waals surface area contributed by atoms with Gasteiger partial charge in [-0.25, -0.2) is 4.79 Å². The molecule has 0 N–H and O–H groups in total. The molecule has 5 heteroatoms. The highest BCUT2D eigenvalue weighted by Gasteiger charge is 2.51. The lowest BCUT2D eigenvalue weighted by Crippen LogP contribution is -2.46. The van der Waals surface area contributed by atoms with Crippen molar-refractivity contribution < 1.29 is 23.8 Å². The predicted octanol–water partition coefficient (Wildman–Crippen LogP) is 4.52. The summed E-state index contributed by atoms with van der Waals surface area (Å²) in [6.45, 7) is 5.82. The molecule has 0 amide bonds. The molecule has 1 saturated heterocycles. The van der Waals surface area contributed by atoms with E-state index in [2.05, 4.69) is 13.8 Å². The summed E-state index contributed by atoms with van der Waals surface area (Å²) in [4.78, 5) is 25.4. The SMILES string of the molecule is COc1cccc2cc3c(cc12)[C@@]1(CCC(C)C)OC(=O)COC1=C(C)C3=O. The van der Waals surface area contributed by atoms with Crippen LogP contribution >= 0.6 is 0 Å². The van der Waals surface area contributed by atoms with Gasteiger partial charge in [-0.1, -0.05) is 26.0 Å². The van der Waals surface area contributed by atoms with Gasteiger partial charge in [-0.2, -0.15) is 0 Å². The molecule has 0 spiro atoms. The van der Waals surface area contributed by atoms with Crippen LogP contribution in [0.4, 0.5) is 0 Å². The number of ether oxygens (including phenoxy) is 3. The van der Waals surface area contributed by atoms with Crippen molar-refractivity contribution in [2.24, 2.45) is 5.92 Å². The Bertz CT molecular complexity index is 1020. The molecule has 0 aromatic heterocycles. The molecule has 1 fully saturated rings. The smallest absolute Gasteiger partial charge is 0.345 e. The number of fused-ring (bicyclic) bond motifs is 4. The van der Waals surface area contributed by atoms with E-state index in [4.69, 9.17) is 14.2 Å². The van der Waals surface area contributed by atoms with Gasteiger partial charge in [-0.3, -0.25) is 4.79 Å². The van der Waals surface area contributed by atoms with Crippen LogP contribution in [-0.2, 0) is 19.9 Å². The first-order chi connectivity index (χ1) is 13.4. The van der Waals surface area contributed by atoms with E-state index in [-0.39, 0.29) is 12.4 Å². The number of benzene rings is 2. The molecule has 2 aromatic rings. The first-order valence-electron chi connectivity index (χ1n) is 9.59. The van der Waals surface area contributed by atoms with E-state index >= 15 is 0 Å². The van der Waals surface area contributed by atoms with Crippen molar-refractivity contribution in [1.29, 1.82) is 0 Å². The molecule has 2 aliphatic rings. The summed E-state index contributed by atoms with van der Waals surface area (Å²) in [6.07, 6.45) is 1.38. The molecule has 4 rings (SSSR count). The van der Waals surface area contributed by atoms with Crippen molar-refractivity contribution in [3.63, 3.8) is 0 Å². The molecule has 0 unspecified atom stereocenters. The average molecular weight is 380 g/mol. The molecule has 28 heavy (non-hydrogen) atoms. The lowest BCUT2D eigenvalue weighted by Gasteiger charge is -2.43. The molecule has 2 aromatic carbocycles. The van der Waals surface area contributed by atoms with Crippen LogP contribution in [0.5, 0.6) is 5.75 Å². The fraction of sp³-hybridized carbons (Fsp3) is 0.391. The summed E-state index contributed by atoms with van der Waals surface area (Å²) in [6, 6.07) is 9.52. The quantitative estimate of drug-likeness (QED) is 0.730. The summed E-state index contributed by atoms with van der Waals surface area (Å²) < 4.78 is 17.3. The van der Waals surface area contributed by atoms with Crippen molar-refractivity contribution >= 4 is 22.5 Å². The van der Waals surface area contributed by atoms with Crippen LogP contribution in [0, 0.1) is 5.92 Å². The highest BCUT2D eigenvalue weighted by molar-refractivity contribution is 6.14. The van der Waals surface area contributed by atoms with Crippen LogP contribution in [0.1, 0.15) is 49.5 Å². The molecule has 0 radical (unpaired) electrons. The summed E-state index contributed by atoms with van der Waals surface area (Å²) >= 11 is 0. The zero-order valence-corrected chi connectivity index (χ0v) is 16.6. The number of carbonyl (C=O) groups is 2. The van der Waals surface area contributed by atoms with E-state index in [1.807, 2.05) is 30.3 Å². The third-order valence-electron chi connectivity index (χ3n) is 5.62. The van der Waals surface area contributed by atoms with E-state index in [1.54, 1.807) is 14.0 Å². The third-order valence-corrected chi connectivity index (χ3v) is 5.62. The maximum absolute atomic E-state index is 13.1. The Morgan fingerprint density at radius 1 is 1.21 bits per heavy atom. The maximum atomic E-state index is 13.1. The zero-order valence-electron chi connectivity index (χ0n) is 16.6. The van der Waals surface area contributed by atoms with Crippen molar-refractivity contribution in [2.75, 3.05) is 13.7 Å². The Hall–Kier alpha value is -2.82. The second kappa shape index (κ2) is 6.66. The molecule has 1 aliphatic heterocycles. The summed E-state index contributed by atoms with van der Waals surface area (Å²) in [7, 11) is 1.62. The Labute approximate surface area is 164 Å². The van der Waals surface area contributed by atoms with Crippen LogP contribution < -0.4 is 4.74 Å². The summed E-state index contributed by atoms with van der Waals surface area (Å²) in [5.41, 5.74) is 0.681. The number of ketones is 1. The molecule has 1 aliphatic carbocycles. The van der Waals surface area contributed by atoms with Crippen LogP contribution in [0.25, 0.3) is 10.8 Å². The summed E-state index contributed by atoms with van der Waals surface area (Å²) in [5, 5.41) is 1.78. The van der Waals surface area contributed by atoms with E-state index in [0.29, 0.717) is 40.5 Å². The predicted molar refractivity (Wildman–Crippen MR) is 105 cm³/mol. The fourth-order valence-corrected chi connectivity index (χ4v) is 4.20. The van der Waals surface area contributed by atoms with Gasteiger partial charge >= 0.3 is 5.97 Å². The highest BCUT2D eigenvalue weighted by Crippen LogP contribution is 2.49. The Morgan fingerprint density at radius 3 is 2.71 bits per heavy atom. The number of hydrogen-bond acceptors (Lipinski definition) is 5. The molecule has 0 bridgehead atoms. The fourth-order valence-electron chi connectivity index (χ4n) is 4.20. The second-order valence-corrected chi connectivity index (χ2v) is 7.88. The minimum absolute atomic E-state index is 0.0900. The molecular formula is C23H24O5. The largest absolute Gasteiger partial charge is 0.496 e. The first kappa shape index (κ1) is 18.5. The number of Topliss-reactive ketones (excluding diaryl/α,β-unsaturated/α-hetero) is 1. The maximum Gasteiger partial charge on any atom is 0.345 e. The lowest BCUT2D eigenvalue weighted by atomic mass is 9.74. The molecule has 1 atom stereocenters. The number of rotatable bonds is 4. The molecule has 146 valence electrons. The lowest BCUT2D eigenvalue weighted by molar-refractivity contribution is -0.180. The monoisotopic (exact) mass is 380 g/mol. The molecule has 1 heterocycles. The minimum Gasteiger partial charge on any atom is -0.496 e. The molecule has 5 nitrogen and oxygen atoms in total. The van der Waals surface area contributed by atoms with E-state index < -0.39 is 11.6 Å². The Morgan fingerprint density at radius 2 is 2.00 bits per heavy atom. The number of esters is 1. The van der Waals surface area contributed by atoms with Gasteiger partial charge in [0.15, 0.2) is 23.8 Å². The number of carbonyl (C=O) groups excluding carboxylic acids is 2.